The Labute approximate surface area is 80.8 Å². The summed E-state index contributed by atoms with van der Waals surface area (Å²) in [6.07, 6.45) is 1.10. The molecule has 0 N–H and O–H groups in total. The molecule has 1 aromatic heterocycles. The minimum atomic E-state index is -0.989. The predicted octanol–water partition coefficient (Wildman–Crippen LogP) is 1.90. The van der Waals surface area contributed by atoms with Gasteiger partial charge in [0, 0.05) is 6.20 Å². The molecule has 0 aliphatic heterocycles. The summed E-state index contributed by atoms with van der Waals surface area (Å²) in [7, 11) is 1.18. The highest BCUT2D eigenvalue weighted by Crippen LogP contribution is 2.31. The maximum Gasteiger partial charge on any atom is 0.367 e. The Morgan fingerprint density at radius 2 is 2.38 bits per heavy atom. The molecule has 5 nitrogen and oxygen atoms in total. The smallest absolute Gasteiger partial charge is 0.367 e. The first-order valence-corrected chi connectivity index (χ1v) is 3.89. The lowest BCUT2D eigenvalue weighted by Crippen LogP contribution is -1.99. The second kappa shape index (κ2) is 3.65. The van der Waals surface area contributed by atoms with Crippen LogP contribution in [0.5, 0.6) is 5.88 Å². The predicted molar refractivity (Wildman–Crippen MR) is 45.1 cm³/mol. The highest BCUT2D eigenvalue weighted by molar-refractivity contribution is 9.10. The summed E-state index contributed by atoms with van der Waals surface area (Å²) >= 11 is 2.78. The van der Waals surface area contributed by atoms with Gasteiger partial charge in [-0.25, -0.2) is 4.98 Å². The van der Waals surface area contributed by atoms with E-state index >= 15 is 0 Å². The molecule has 7 heteroatoms. The molecule has 0 spiro atoms. The number of aromatic nitrogens is 1. The van der Waals surface area contributed by atoms with Gasteiger partial charge >= 0.3 is 5.69 Å². The van der Waals surface area contributed by atoms with Crippen LogP contribution in [0.25, 0.3) is 0 Å². The molecule has 13 heavy (non-hydrogen) atoms. The van der Waals surface area contributed by atoms with Gasteiger partial charge in [0.15, 0.2) is 0 Å². The molecule has 0 aliphatic rings. The van der Waals surface area contributed by atoms with Crippen LogP contribution in [0.4, 0.5) is 10.1 Å². The molecule has 0 aromatic carbocycles. The molecule has 70 valence electrons. The molecule has 0 atom stereocenters. The number of pyridine rings is 1. The number of nitrogens with zero attached hydrogens (tertiary/aromatic N) is 2. The van der Waals surface area contributed by atoms with Gasteiger partial charge in [0.1, 0.15) is 0 Å². The molecule has 0 radical (unpaired) electrons. The van der Waals surface area contributed by atoms with Crippen LogP contribution in [0.15, 0.2) is 10.7 Å². The van der Waals surface area contributed by atoms with Gasteiger partial charge in [-0.15, -0.1) is 0 Å². The third kappa shape index (κ3) is 1.74. The molecule has 1 aromatic rings. The molecule has 0 saturated heterocycles. The lowest BCUT2D eigenvalue weighted by Gasteiger charge is -2.01. The Bertz CT molecular complexity index is 358. The van der Waals surface area contributed by atoms with E-state index in [-0.39, 0.29) is 10.4 Å². The van der Waals surface area contributed by atoms with E-state index in [0.29, 0.717) is 0 Å². The van der Waals surface area contributed by atoms with E-state index in [1.54, 1.807) is 0 Å². The molecule has 1 heterocycles. The standard InChI is InChI=1S/C6H4BrFN2O3/c1-13-6-5(10(11)12)4(8)3(7)2-9-6/h2H,1H3. The maximum atomic E-state index is 13.1. The first kappa shape index (κ1) is 9.85. The van der Waals surface area contributed by atoms with Crippen LogP contribution >= 0.6 is 15.9 Å². The zero-order chi connectivity index (χ0) is 10.0. The first-order chi connectivity index (χ1) is 6.07. The van der Waals surface area contributed by atoms with Crippen molar-refractivity contribution in [3.8, 4) is 5.88 Å². The van der Waals surface area contributed by atoms with Crippen LogP contribution in [-0.2, 0) is 0 Å². The average molecular weight is 251 g/mol. The molecule has 1 rings (SSSR count). The van der Waals surface area contributed by atoms with E-state index in [1.807, 2.05) is 0 Å². The summed E-state index contributed by atoms with van der Waals surface area (Å²) in [5.41, 5.74) is -0.767. The van der Waals surface area contributed by atoms with Gasteiger partial charge in [0.2, 0.25) is 5.82 Å². The Hall–Kier alpha value is -1.24. The van der Waals surface area contributed by atoms with E-state index in [1.165, 1.54) is 7.11 Å². The van der Waals surface area contributed by atoms with E-state index in [9.17, 15) is 14.5 Å². The van der Waals surface area contributed by atoms with Crippen LogP contribution in [0.3, 0.4) is 0 Å². The van der Waals surface area contributed by atoms with Crippen molar-refractivity contribution in [2.75, 3.05) is 7.11 Å². The quantitative estimate of drug-likeness (QED) is 0.594. The fraction of sp³-hybridized carbons (Fsp3) is 0.167. The van der Waals surface area contributed by atoms with Gasteiger partial charge < -0.3 is 4.74 Å². The Balaban J connectivity index is 3.41. The second-order valence-electron chi connectivity index (χ2n) is 2.04. The number of halogens is 2. The second-order valence-corrected chi connectivity index (χ2v) is 2.89. The zero-order valence-electron chi connectivity index (χ0n) is 6.45. The van der Waals surface area contributed by atoms with Crippen LogP contribution in [-0.4, -0.2) is 17.0 Å². The zero-order valence-corrected chi connectivity index (χ0v) is 8.04. The van der Waals surface area contributed by atoms with E-state index in [2.05, 4.69) is 25.7 Å². The lowest BCUT2D eigenvalue weighted by atomic mass is 10.4. The van der Waals surface area contributed by atoms with Crippen molar-refractivity contribution in [1.29, 1.82) is 0 Å². The van der Waals surface area contributed by atoms with Gasteiger partial charge in [-0.1, -0.05) is 0 Å². The summed E-state index contributed by atoms with van der Waals surface area (Å²) in [5, 5.41) is 10.4. The summed E-state index contributed by atoms with van der Waals surface area (Å²) in [4.78, 5) is 13.0. The van der Waals surface area contributed by atoms with E-state index < -0.39 is 16.4 Å². The largest absolute Gasteiger partial charge is 0.476 e. The lowest BCUT2D eigenvalue weighted by molar-refractivity contribution is -0.388. The number of nitro groups is 1. The van der Waals surface area contributed by atoms with Crippen LogP contribution in [0, 0.1) is 15.9 Å². The molecular formula is C6H4BrFN2O3. The Kier molecular flexibility index (Phi) is 2.76. The molecule has 0 saturated carbocycles. The number of hydrogen-bond acceptors (Lipinski definition) is 4. The van der Waals surface area contributed by atoms with Crippen molar-refractivity contribution in [2.24, 2.45) is 0 Å². The Morgan fingerprint density at radius 1 is 1.77 bits per heavy atom. The van der Waals surface area contributed by atoms with Gasteiger partial charge in [-0.05, 0) is 15.9 Å². The van der Waals surface area contributed by atoms with E-state index in [4.69, 9.17) is 0 Å². The normalized spacial score (nSPS) is 9.77. The fourth-order valence-electron chi connectivity index (χ4n) is 0.748. The fourth-order valence-corrected chi connectivity index (χ4v) is 1.04. The highest BCUT2D eigenvalue weighted by Gasteiger charge is 2.25. The maximum absolute atomic E-state index is 13.1. The minimum absolute atomic E-state index is 0.0694. The third-order valence-electron chi connectivity index (χ3n) is 1.29. The van der Waals surface area contributed by atoms with Crippen molar-refractivity contribution in [1.82, 2.24) is 4.98 Å². The van der Waals surface area contributed by atoms with Gasteiger partial charge in [-0.3, -0.25) is 10.1 Å². The molecule has 0 aliphatic carbocycles. The van der Waals surface area contributed by atoms with Crippen molar-refractivity contribution < 1.29 is 14.1 Å². The average Bonchev–Trinajstić information content (AvgIpc) is 2.08. The van der Waals surface area contributed by atoms with Crippen molar-refractivity contribution in [3.63, 3.8) is 0 Å². The Morgan fingerprint density at radius 3 is 2.85 bits per heavy atom. The first-order valence-electron chi connectivity index (χ1n) is 3.10. The van der Waals surface area contributed by atoms with E-state index in [0.717, 1.165) is 6.20 Å². The SMILES string of the molecule is COc1ncc(Br)c(F)c1[N+](=O)[O-]. The van der Waals surface area contributed by atoms with Crippen LogP contribution < -0.4 is 4.74 Å². The third-order valence-corrected chi connectivity index (χ3v) is 1.84. The number of ether oxygens (including phenoxy) is 1. The highest BCUT2D eigenvalue weighted by atomic mass is 79.9. The summed E-state index contributed by atoms with van der Waals surface area (Å²) in [6.45, 7) is 0. The molecule has 0 unspecified atom stereocenters. The number of rotatable bonds is 2. The molecule has 0 fully saturated rings. The van der Waals surface area contributed by atoms with Crippen molar-refractivity contribution in [2.45, 2.75) is 0 Å². The summed E-state index contributed by atoms with van der Waals surface area (Å²) in [5.74, 6) is -1.33. The minimum Gasteiger partial charge on any atom is -0.476 e. The molecular weight excluding hydrogens is 247 g/mol. The number of methoxy groups -OCH3 is 1. The monoisotopic (exact) mass is 250 g/mol. The van der Waals surface area contributed by atoms with Gasteiger partial charge in [0.05, 0.1) is 16.5 Å². The van der Waals surface area contributed by atoms with Crippen LogP contribution in [0.1, 0.15) is 0 Å². The number of hydrogen-bond donors (Lipinski definition) is 0. The van der Waals surface area contributed by atoms with Crippen molar-refractivity contribution >= 4 is 21.6 Å². The molecule has 0 amide bonds. The van der Waals surface area contributed by atoms with Crippen LogP contribution in [0.2, 0.25) is 0 Å². The van der Waals surface area contributed by atoms with Gasteiger partial charge in [0.25, 0.3) is 5.88 Å². The summed E-state index contributed by atoms with van der Waals surface area (Å²) in [6, 6.07) is 0. The molecule has 0 bridgehead atoms. The topological polar surface area (TPSA) is 65.3 Å². The van der Waals surface area contributed by atoms with Gasteiger partial charge in [-0.2, -0.15) is 4.39 Å². The van der Waals surface area contributed by atoms with Crippen molar-refractivity contribution in [3.05, 3.63) is 26.6 Å². The summed E-state index contributed by atoms with van der Waals surface area (Å²) < 4.78 is 17.6.